The van der Waals surface area contributed by atoms with Crippen LogP contribution in [0.5, 0.6) is 0 Å². The van der Waals surface area contributed by atoms with Gasteiger partial charge in [-0.05, 0) is 12.5 Å². The first kappa shape index (κ1) is 13.4. The van der Waals surface area contributed by atoms with Crippen LogP contribution in [0.4, 0.5) is 0 Å². The smallest absolute Gasteiger partial charge is 0.241 e. The molecule has 0 unspecified atom stereocenters. The predicted molar refractivity (Wildman–Crippen MR) is 76.8 cm³/mol. The van der Waals surface area contributed by atoms with Crippen molar-refractivity contribution in [3.63, 3.8) is 0 Å². The molecule has 18 heavy (non-hydrogen) atoms. The van der Waals surface area contributed by atoms with Gasteiger partial charge >= 0.3 is 0 Å². The van der Waals surface area contributed by atoms with Crippen LogP contribution in [-0.2, 0) is 4.79 Å². The van der Waals surface area contributed by atoms with Gasteiger partial charge in [0, 0.05) is 31.1 Å². The van der Waals surface area contributed by atoms with Gasteiger partial charge in [0.1, 0.15) is 6.04 Å². The summed E-state index contributed by atoms with van der Waals surface area (Å²) >= 11 is 1.96. The van der Waals surface area contributed by atoms with E-state index >= 15 is 0 Å². The van der Waals surface area contributed by atoms with Gasteiger partial charge in [-0.3, -0.25) is 9.69 Å². The molecule has 98 valence electrons. The topological polar surface area (TPSA) is 32.3 Å². The van der Waals surface area contributed by atoms with Gasteiger partial charge in [-0.25, -0.2) is 0 Å². The van der Waals surface area contributed by atoms with E-state index in [1.165, 1.54) is 0 Å². The Balaban J connectivity index is 2.19. The lowest BCUT2D eigenvalue weighted by Gasteiger charge is -2.33. The predicted octanol–water partition coefficient (Wildman–Crippen LogP) is 1.91. The van der Waals surface area contributed by atoms with Gasteiger partial charge in [-0.1, -0.05) is 30.3 Å². The highest BCUT2D eigenvalue weighted by Gasteiger charge is 2.28. The Hall–Kier alpha value is -1.00. The number of amides is 1. The van der Waals surface area contributed by atoms with Crippen LogP contribution < -0.4 is 5.32 Å². The van der Waals surface area contributed by atoms with Crippen LogP contribution in [0.25, 0.3) is 0 Å². The van der Waals surface area contributed by atoms with Crippen molar-refractivity contribution in [2.24, 2.45) is 0 Å². The quantitative estimate of drug-likeness (QED) is 0.901. The molecule has 1 heterocycles. The largest absolute Gasteiger partial charge is 0.355 e. The normalized spacial score (nSPS) is 18.3. The minimum absolute atomic E-state index is 0.121. The molecule has 1 atom stereocenters. The fourth-order valence-corrected chi connectivity index (χ4v) is 3.20. The third-order valence-electron chi connectivity index (χ3n) is 3.13. The molecule has 1 saturated heterocycles. The zero-order chi connectivity index (χ0) is 12.8. The van der Waals surface area contributed by atoms with Crippen molar-refractivity contribution in [2.75, 3.05) is 31.1 Å². The van der Waals surface area contributed by atoms with E-state index in [1.807, 2.05) is 49.0 Å². The maximum absolute atomic E-state index is 12.3. The van der Waals surface area contributed by atoms with Crippen LogP contribution in [0.3, 0.4) is 0 Å². The Labute approximate surface area is 113 Å². The van der Waals surface area contributed by atoms with E-state index in [0.29, 0.717) is 6.54 Å². The van der Waals surface area contributed by atoms with E-state index in [0.717, 1.165) is 30.2 Å². The molecule has 0 aromatic heterocycles. The molecule has 1 aromatic rings. The Bertz CT molecular complexity index is 377. The van der Waals surface area contributed by atoms with Gasteiger partial charge in [0.2, 0.25) is 5.91 Å². The highest BCUT2D eigenvalue weighted by atomic mass is 32.2. The molecular weight excluding hydrogens is 244 g/mol. The zero-order valence-corrected chi connectivity index (χ0v) is 11.6. The molecule has 0 aliphatic carbocycles. The Kier molecular flexibility index (Phi) is 5.08. The van der Waals surface area contributed by atoms with E-state index in [4.69, 9.17) is 0 Å². The number of nitrogens with zero attached hydrogens (tertiary/aromatic N) is 1. The molecular formula is C14H20N2OS. The van der Waals surface area contributed by atoms with Crippen LogP contribution in [0.2, 0.25) is 0 Å². The lowest BCUT2D eigenvalue weighted by Crippen LogP contribution is -2.44. The molecule has 1 aliphatic rings. The zero-order valence-electron chi connectivity index (χ0n) is 10.8. The second kappa shape index (κ2) is 6.81. The summed E-state index contributed by atoms with van der Waals surface area (Å²) < 4.78 is 0. The lowest BCUT2D eigenvalue weighted by molar-refractivity contribution is -0.126. The van der Waals surface area contributed by atoms with Crippen molar-refractivity contribution >= 4 is 17.7 Å². The molecule has 1 N–H and O–H groups in total. The lowest BCUT2D eigenvalue weighted by atomic mass is 10.0. The molecule has 0 bridgehead atoms. The van der Waals surface area contributed by atoms with Crippen molar-refractivity contribution < 1.29 is 4.79 Å². The minimum atomic E-state index is -0.132. The minimum Gasteiger partial charge on any atom is -0.355 e. The van der Waals surface area contributed by atoms with Gasteiger partial charge in [-0.2, -0.15) is 11.8 Å². The summed E-state index contributed by atoms with van der Waals surface area (Å²) in [5.41, 5.74) is 1.09. The van der Waals surface area contributed by atoms with Gasteiger partial charge in [0.05, 0.1) is 0 Å². The summed E-state index contributed by atoms with van der Waals surface area (Å²) in [5.74, 6) is 2.35. The summed E-state index contributed by atoms with van der Waals surface area (Å²) in [6.45, 7) is 4.62. The number of thioether (sulfide) groups is 1. The molecule has 0 spiro atoms. The van der Waals surface area contributed by atoms with E-state index < -0.39 is 0 Å². The SMILES string of the molecule is CCNC(=O)[C@@H](c1ccccc1)N1CCSCC1. The second-order valence-corrected chi connectivity index (χ2v) is 5.58. The van der Waals surface area contributed by atoms with E-state index in [1.54, 1.807) is 0 Å². The second-order valence-electron chi connectivity index (χ2n) is 4.36. The van der Waals surface area contributed by atoms with Crippen LogP contribution in [0.15, 0.2) is 30.3 Å². The van der Waals surface area contributed by atoms with E-state index in [2.05, 4.69) is 10.2 Å². The number of benzene rings is 1. The highest BCUT2D eigenvalue weighted by molar-refractivity contribution is 7.99. The van der Waals surface area contributed by atoms with Crippen LogP contribution in [0.1, 0.15) is 18.5 Å². The number of likely N-dealkylation sites (N-methyl/N-ethyl adjacent to an activating group) is 1. The Morgan fingerprint density at radius 2 is 2.00 bits per heavy atom. The van der Waals surface area contributed by atoms with Crippen LogP contribution in [-0.4, -0.2) is 41.9 Å². The third kappa shape index (κ3) is 3.27. The maximum Gasteiger partial charge on any atom is 0.241 e. The van der Waals surface area contributed by atoms with Crippen molar-refractivity contribution in [3.05, 3.63) is 35.9 Å². The number of hydrogen-bond acceptors (Lipinski definition) is 3. The summed E-state index contributed by atoms with van der Waals surface area (Å²) in [6.07, 6.45) is 0. The molecule has 3 nitrogen and oxygen atoms in total. The molecule has 4 heteroatoms. The summed E-state index contributed by atoms with van der Waals surface area (Å²) in [5, 5.41) is 2.95. The third-order valence-corrected chi connectivity index (χ3v) is 4.07. The first-order valence-corrected chi connectivity index (χ1v) is 7.63. The average molecular weight is 264 g/mol. The van der Waals surface area contributed by atoms with Crippen molar-refractivity contribution in [2.45, 2.75) is 13.0 Å². The monoisotopic (exact) mass is 264 g/mol. The molecule has 1 fully saturated rings. The van der Waals surface area contributed by atoms with Gasteiger partial charge in [-0.15, -0.1) is 0 Å². The number of carbonyl (C=O) groups excluding carboxylic acids is 1. The van der Waals surface area contributed by atoms with Gasteiger partial charge in [0.15, 0.2) is 0 Å². The summed E-state index contributed by atoms with van der Waals surface area (Å²) in [6, 6.07) is 9.95. The molecule has 0 radical (unpaired) electrons. The van der Waals surface area contributed by atoms with E-state index in [9.17, 15) is 4.79 Å². The molecule has 1 amide bonds. The number of carbonyl (C=O) groups is 1. The standard InChI is InChI=1S/C14H20N2OS/c1-2-15-14(17)13(12-6-4-3-5-7-12)16-8-10-18-11-9-16/h3-7,13H,2,8-11H2,1H3,(H,15,17)/t13-/m1/s1. The van der Waals surface area contributed by atoms with E-state index in [-0.39, 0.29) is 11.9 Å². The van der Waals surface area contributed by atoms with Gasteiger partial charge < -0.3 is 5.32 Å². The summed E-state index contributed by atoms with van der Waals surface area (Å²) in [7, 11) is 0. The van der Waals surface area contributed by atoms with Crippen LogP contribution >= 0.6 is 11.8 Å². The number of nitrogens with one attached hydrogen (secondary N) is 1. The van der Waals surface area contributed by atoms with Crippen LogP contribution in [0, 0.1) is 0 Å². The molecule has 2 rings (SSSR count). The van der Waals surface area contributed by atoms with Crippen molar-refractivity contribution in [1.82, 2.24) is 10.2 Å². The number of hydrogen-bond donors (Lipinski definition) is 1. The molecule has 1 aromatic carbocycles. The number of rotatable bonds is 4. The first-order valence-electron chi connectivity index (χ1n) is 6.47. The highest BCUT2D eigenvalue weighted by Crippen LogP contribution is 2.24. The van der Waals surface area contributed by atoms with Gasteiger partial charge in [0.25, 0.3) is 0 Å². The molecule has 1 aliphatic heterocycles. The Morgan fingerprint density at radius 3 is 2.61 bits per heavy atom. The van der Waals surface area contributed by atoms with Crippen molar-refractivity contribution in [1.29, 1.82) is 0 Å². The average Bonchev–Trinajstić information content (AvgIpc) is 2.42. The fraction of sp³-hybridized carbons (Fsp3) is 0.500. The summed E-state index contributed by atoms with van der Waals surface area (Å²) in [4.78, 5) is 14.6. The Morgan fingerprint density at radius 1 is 1.33 bits per heavy atom. The first-order chi connectivity index (χ1) is 8.83. The molecule has 0 saturated carbocycles. The fourth-order valence-electron chi connectivity index (χ4n) is 2.27. The maximum atomic E-state index is 12.3. The van der Waals surface area contributed by atoms with Crippen molar-refractivity contribution in [3.8, 4) is 0 Å².